The second kappa shape index (κ2) is 7.50. The van der Waals surface area contributed by atoms with E-state index in [0.717, 1.165) is 6.39 Å². The third-order valence-electron chi connectivity index (χ3n) is 3.73. The van der Waals surface area contributed by atoms with Gasteiger partial charge < -0.3 is 19.6 Å². The number of rotatable bonds is 2. The molecule has 10 heteroatoms. The van der Waals surface area contributed by atoms with Gasteiger partial charge in [0.2, 0.25) is 0 Å². The Bertz CT molecular complexity index is 1220. The quantitative estimate of drug-likeness (QED) is 0.467. The number of carboxylic acids is 2. The summed E-state index contributed by atoms with van der Waals surface area (Å²) in [7, 11) is 0. The zero-order valence-corrected chi connectivity index (χ0v) is 13.9. The fourth-order valence-electron chi connectivity index (χ4n) is 2.48. The lowest BCUT2D eigenvalue weighted by atomic mass is 10.1. The molecule has 0 fully saturated rings. The van der Waals surface area contributed by atoms with Gasteiger partial charge in [-0.3, -0.25) is 4.79 Å². The van der Waals surface area contributed by atoms with Crippen molar-refractivity contribution in [3.05, 3.63) is 81.0 Å². The molecule has 4 aromatic rings. The molecule has 0 bridgehead atoms. The maximum atomic E-state index is 11.3. The SMILES string of the molecule is O=C(O)c1cccc2c(=O)[nH]cnc12.O=C(O)c1cccc2c(=O)ocnc12. The molecule has 0 aliphatic rings. The number of fused-ring (bicyclic) bond motifs is 2. The molecule has 0 aliphatic carbocycles. The molecule has 0 saturated heterocycles. The van der Waals surface area contributed by atoms with E-state index in [1.165, 1.54) is 42.7 Å². The minimum atomic E-state index is -1.12. The minimum Gasteiger partial charge on any atom is -0.478 e. The maximum absolute atomic E-state index is 11.3. The Labute approximate surface area is 154 Å². The van der Waals surface area contributed by atoms with Gasteiger partial charge in [0.05, 0.1) is 39.3 Å². The first-order chi connectivity index (χ1) is 13.4. The van der Waals surface area contributed by atoms with Gasteiger partial charge in [0.25, 0.3) is 5.56 Å². The molecule has 0 aliphatic heterocycles. The van der Waals surface area contributed by atoms with Crippen LogP contribution in [0.25, 0.3) is 21.8 Å². The van der Waals surface area contributed by atoms with Gasteiger partial charge in [-0.15, -0.1) is 0 Å². The molecule has 0 spiro atoms. The molecule has 2 aromatic heterocycles. The molecule has 0 unspecified atom stereocenters. The van der Waals surface area contributed by atoms with E-state index in [2.05, 4.69) is 19.4 Å². The van der Waals surface area contributed by atoms with Crippen LogP contribution < -0.4 is 11.2 Å². The standard InChI is InChI=1S/C9H6N2O3.C9H5NO4/c12-8-5-2-1-3-6(9(13)14)7(5)10-4-11-8;11-8(12)5-2-1-3-6-7(5)10-4-14-9(6)13/h1-4H,(H,13,14)(H,10,11,12);1-4H,(H,11,12). The predicted molar refractivity (Wildman–Crippen MR) is 96.6 cm³/mol. The van der Waals surface area contributed by atoms with Crippen LogP contribution in [0.3, 0.4) is 0 Å². The Balaban J connectivity index is 0.000000161. The van der Waals surface area contributed by atoms with Gasteiger partial charge in [-0.2, -0.15) is 0 Å². The van der Waals surface area contributed by atoms with Gasteiger partial charge in [-0.05, 0) is 24.3 Å². The highest BCUT2D eigenvalue weighted by Gasteiger charge is 2.11. The van der Waals surface area contributed by atoms with Gasteiger partial charge in [0, 0.05) is 0 Å². The first-order valence-corrected chi connectivity index (χ1v) is 7.69. The molecule has 10 nitrogen and oxygen atoms in total. The van der Waals surface area contributed by atoms with Crippen LogP contribution in [0, 0.1) is 0 Å². The average Bonchev–Trinajstić information content (AvgIpc) is 2.68. The number of aromatic carboxylic acids is 2. The number of hydrogen-bond acceptors (Lipinski definition) is 7. The van der Waals surface area contributed by atoms with E-state index in [4.69, 9.17) is 10.2 Å². The highest BCUT2D eigenvalue weighted by atomic mass is 16.4. The number of benzene rings is 2. The summed E-state index contributed by atoms with van der Waals surface area (Å²) in [6.07, 6.45) is 2.13. The summed E-state index contributed by atoms with van der Waals surface area (Å²) < 4.78 is 4.52. The van der Waals surface area contributed by atoms with E-state index < -0.39 is 17.6 Å². The van der Waals surface area contributed by atoms with Crippen LogP contribution in [0.1, 0.15) is 20.7 Å². The summed E-state index contributed by atoms with van der Waals surface area (Å²) in [5.41, 5.74) is -0.528. The lowest BCUT2D eigenvalue weighted by Crippen LogP contribution is -2.09. The number of hydrogen-bond donors (Lipinski definition) is 3. The summed E-state index contributed by atoms with van der Waals surface area (Å²) >= 11 is 0. The van der Waals surface area contributed by atoms with Crippen LogP contribution >= 0.6 is 0 Å². The molecule has 0 saturated carbocycles. The summed E-state index contributed by atoms with van der Waals surface area (Å²) in [4.78, 5) is 53.9. The van der Waals surface area contributed by atoms with Crippen molar-refractivity contribution in [3.8, 4) is 0 Å². The molecule has 0 radical (unpaired) electrons. The molecular weight excluding hydrogens is 370 g/mol. The summed E-state index contributed by atoms with van der Waals surface area (Å²) in [5, 5.41) is 18.1. The Kier molecular flexibility index (Phi) is 4.94. The monoisotopic (exact) mass is 381 g/mol. The fraction of sp³-hybridized carbons (Fsp3) is 0. The predicted octanol–water partition coefficient (Wildman–Crippen LogP) is 1.51. The van der Waals surface area contributed by atoms with E-state index >= 15 is 0 Å². The van der Waals surface area contributed by atoms with E-state index in [0.29, 0.717) is 0 Å². The minimum absolute atomic E-state index is 0.00426. The van der Waals surface area contributed by atoms with Gasteiger partial charge >= 0.3 is 17.6 Å². The number of H-pyrrole nitrogens is 1. The van der Waals surface area contributed by atoms with E-state index in [1.54, 1.807) is 0 Å². The van der Waals surface area contributed by atoms with Crippen molar-refractivity contribution in [1.82, 2.24) is 15.0 Å². The van der Waals surface area contributed by atoms with Crippen LogP contribution in [0.5, 0.6) is 0 Å². The number of carbonyl (C=O) groups is 2. The van der Waals surface area contributed by atoms with Crippen molar-refractivity contribution in [1.29, 1.82) is 0 Å². The molecule has 2 heterocycles. The topological polar surface area (TPSA) is 163 Å². The van der Waals surface area contributed by atoms with E-state index in [9.17, 15) is 19.2 Å². The molecule has 0 amide bonds. The van der Waals surface area contributed by atoms with Crippen molar-refractivity contribution in [2.75, 3.05) is 0 Å². The normalized spacial score (nSPS) is 10.3. The summed E-state index contributed by atoms with van der Waals surface area (Å²) in [6.45, 7) is 0. The molecule has 0 atom stereocenters. The fourth-order valence-corrected chi connectivity index (χ4v) is 2.48. The Morgan fingerprint density at radius 2 is 1.43 bits per heavy atom. The highest BCUT2D eigenvalue weighted by molar-refractivity contribution is 6.01. The van der Waals surface area contributed by atoms with Crippen molar-refractivity contribution < 1.29 is 24.2 Å². The van der Waals surface area contributed by atoms with Crippen molar-refractivity contribution in [2.45, 2.75) is 0 Å². The lowest BCUT2D eigenvalue weighted by Gasteiger charge is -1.98. The van der Waals surface area contributed by atoms with Crippen molar-refractivity contribution >= 4 is 33.7 Å². The van der Waals surface area contributed by atoms with Gasteiger partial charge in [0.15, 0.2) is 6.39 Å². The third kappa shape index (κ3) is 3.46. The molecular formula is C18H11N3O7. The zero-order chi connectivity index (χ0) is 20.3. The Morgan fingerprint density at radius 1 is 0.857 bits per heavy atom. The van der Waals surface area contributed by atoms with E-state index in [-0.39, 0.29) is 38.5 Å². The molecule has 28 heavy (non-hydrogen) atoms. The van der Waals surface area contributed by atoms with Gasteiger partial charge in [0.1, 0.15) is 0 Å². The van der Waals surface area contributed by atoms with Crippen LogP contribution in [-0.2, 0) is 0 Å². The maximum Gasteiger partial charge on any atom is 0.346 e. The number of carboxylic acid groups (broad SMARTS) is 2. The molecule has 3 N–H and O–H groups in total. The second-order valence-electron chi connectivity index (χ2n) is 5.39. The molecule has 2 aromatic carbocycles. The summed E-state index contributed by atoms with van der Waals surface area (Å²) in [5.74, 6) is -2.21. The Hall–Kier alpha value is -4.34. The average molecular weight is 381 g/mol. The first kappa shape index (κ1) is 18.5. The third-order valence-corrected chi connectivity index (χ3v) is 3.73. The smallest absolute Gasteiger partial charge is 0.346 e. The molecule has 4 rings (SSSR count). The lowest BCUT2D eigenvalue weighted by molar-refractivity contribution is 0.0688. The van der Waals surface area contributed by atoms with Gasteiger partial charge in [-0.25, -0.2) is 24.4 Å². The number of nitrogens with zero attached hydrogens (tertiary/aromatic N) is 2. The van der Waals surface area contributed by atoms with Crippen molar-refractivity contribution in [3.63, 3.8) is 0 Å². The zero-order valence-electron chi connectivity index (χ0n) is 13.9. The number of aromatic nitrogens is 3. The van der Waals surface area contributed by atoms with Crippen LogP contribution in [-0.4, -0.2) is 37.1 Å². The Morgan fingerprint density at radius 3 is 2.04 bits per heavy atom. The van der Waals surface area contributed by atoms with Crippen LogP contribution in [0.4, 0.5) is 0 Å². The van der Waals surface area contributed by atoms with Gasteiger partial charge in [-0.1, -0.05) is 12.1 Å². The van der Waals surface area contributed by atoms with Crippen molar-refractivity contribution in [2.24, 2.45) is 0 Å². The first-order valence-electron chi connectivity index (χ1n) is 7.69. The number of aromatic amines is 1. The molecule has 140 valence electrons. The van der Waals surface area contributed by atoms with Crippen LogP contribution in [0.15, 0.2) is 63.1 Å². The van der Waals surface area contributed by atoms with E-state index in [1.807, 2.05) is 0 Å². The highest BCUT2D eigenvalue weighted by Crippen LogP contribution is 2.13. The number of para-hydroxylation sites is 2. The number of nitrogens with one attached hydrogen (secondary N) is 1. The summed E-state index contributed by atoms with van der Waals surface area (Å²) in [6, 6.07) is 8.80. The second-order valence-corrected chi connectivity index (χ2v) is 5.39. The van der Waals surface area contributed by atoms with Crippen LogP contribution in [0.2, 0.25) is 0 Å². The largest absolute Gasteiger partial charge is 0.478 e.